The molecule has 0 aliphatic rings. The molecule has 1 amide bonds. The summed E-state index contributed by atoms with van der Waals surface area (Å²) < 4.78 is 30.2. The van der Waals surface area contributed by atoms with Crippen molar-refractivity contribution in [2.24, 2.45) is 0 Å². The fourth-order valence-corrected chi connectivity index (χ4v) is 2.88. The summed E-state index contributed by atoms with van der Waals surface area (Å²) in [5, 5.41) is 2.72. The zero-order valence-electron chi connectivity index (χ0n) is 14.7. The summed E-state index contributed by atoms with van der Waals surface area (Å²) in [6, 6.07) is 11.1. The van der Waals surface area contributed by atoms with Crippen LogP contribution in [-0.2, 0) is 14.8 Å². The Bertz CT molecular complexity index is 938. The highest BCUT2D eigenvalue weighted by Crippen LogP contribution is 2.21. The maximum absolute atomic E-state index is 12.6. The number of anilines is 2. The van der Waals surface area contributed by atoms with Gasteiger partial charge in [-0.3, -0.25) is 9.52 Å². The molecule has 0 aliphatic carbocycles. The van der Waals surface area contributed by atoms with Crippen LogP contribution >= 0.6 is 0 Å². The zero-order valence-corrected chi connectivity index (χ0v) is 15.5. The highest BCUT2D eigenvalue weighted by atomic mass is 32.2. The lowest BCUT2D eigenvalue weighted by Crippen LogP contribution is -2.18. The first-order valence-corrected chi connectivity index (χ1v) is 9.76. The number of hydrogen-bond donors (Lipinski definition) is 2. The third kappa shape index (κ3) is 5.06. The number of ether oxygens (including phenoxy) is 1. The highest BCUT2D eigenvalue weighted by Gasteiger charge is 2.15. The van der Waals surface area contributed by atoms with Crippen LogP contribution in [0.3, 0.4) is 0 Å². The predicted molar refractivity (Wildman–Crippen MR) is 100.0 cm³/mol. The van der Waals surface area contributed by atoms with E-state index >= 15 is 0 Å². The molecule has 0 atom stereocenters. The summed E-state index contributed by atoms with van der Waals surface area (Å²) in [6.45, 7) is 3.75. The van der Waals surface area contributed by atoms with Crippen molar-refractivity contribution >= 4 is 33.3 Å². The Morgan fingerprint density at radius 1 is 1.08 bits per heavy atom. The molecule has 0 fully saturated rings. The van der Waals surface area contributed by atoms with Crippen LogP contribution in [0.1, 0.15) is 33.2 Å². The second-order valence-corrected chi connectivity index (χ2v) is 7.37. The van der Waals surface area contributed by atoms with Crippen molar-refractivity contribution in [3.8, 4) is 0 Å². The van der Waals surface area contributed by atoms with Crippen molar-refractivity contribution in [2.45, 2.75) is 13.8 Å². The van der Waals surface area contributed by atoms with Crippen molar-refractivity contribution in [3.05, 3.63) is 59.2 Å². The summed E-state index contributed by atoms with van der Waals surface area (Å²) in [5.74, 6) is -0.903. The average molecular weight is 376 g/mol. The normalized spacial score (nSPS) is 10.9. The lowest BCUT2D eigenvalue weighted by molar-refractivity contribution is 0.0526. The number of sulfonamides is 1. The average Bonchev–Trinajstić information content (AvgIpc) is 2.55. The molecular formula is C18H20N2O5S. The molecule has 0 radical (unpaired) electrons. The number of esters is 1. The van der Waals surface area contributed by atoms with E-state index in [1.54, 1.807) is 44.2 Å². The summed E-state index contributed by atoms with van der Waals surface area (Å²) in [7, 11) is -3.52. The number of benzene rings is 2. The molecule has 0 heterocycles. The van der Waals surface area contributed by atoms with Crippen LogP contribution < -0.4 is 10.0 Å². The van der Waals surface area contributed by atoms with Gasteiger partial charge in [0.15, 0.2) is 0 Å². The molecule has 2 aromatic rings. The first-order chi connectivity index (χ1) is 12.2. The fraction of sp³-hybridized carbons (Fsp3) is 0.222. The molecule has 0 aromatic heterocycles. The van der Waals surface area contributed by atoms with Crippen LogP contribution in [0.5, 0.6) is 0 Å². The van der Waals surface area contributed by atoms with Crippen molar-refractivity contribution in [1.29, 1.82) is 0 Å². The Hall–Kier alpha value is -2.87. The number of rotatable bonds is 6. The molecule has 7 nitrogen and oxygen atoms in total. The van der Waals surface area contributed by atoms with Gasteiger partial charge in [0.25, 0.3) is 5.91 Å². The second-order valence-electron chi connectivity index (χ2n) is 5.62. The molecule has 2 aromatic carbocycles. The SMILES string of the molecule is CCOC(=O)c1ccc(NC(=O)c2ccccc2NS(C)(=O)=O)c(C)c1. The number of nitrogens with one attached hydrogen (secondary N) is 2. The van der Waals surface area contributed by atoms with Gasteiger partial charge in [-0.25, -0.2) is 13.2 Å². The number of carbonyl (C=O) groups is 2. The van der Waals surface area contributed by atoms with E-state index in [0.29, 0.717) is 16.8 Å². The van der Waals surface area contributed by atoms with Gasteiger partial charge in [0.2, 0.25) is 10.0 Å². The van der Waals surface area contributed by atoms with Gasteiger partial charge in [0.05, 0.1) is 29.7 Å². The maximum Gasteiger partial charge on any atom is 0.338 e. The van der Waals surface area contributed by atoms with Crippen molar-refractivity contribution in [1.82, 2.24) is 0 Å². The molecule has 0 bridgehead atoms. The molecule has 138 valence electrons. The van der Waals surface area contributed by atoms with E-state index in [0.717, 1.165) is 6.26 Å². The Morgan fingerprint density at radius 2 is 1.77 bits per heavy atom. The Balaban J connectivity index is 2.24. The van der Waals surface area contributed by atoms with Crippen LogP contribution in [0.4, 0.5) is 11.4 Å². The standard InChI is InChI=1S/C18H20N2O5S/c1-4-25-18(22)13-9-10-15(12(2)11-13)19-17(21)14-7-5-6-8-16(14)20-26(3,23)24/h5-11,20H,4H2,1-3H3,(H,19,21). The number of para-hydroxylation sites is 1. The minimum absolute atomic E-state index is 0.187. The van der Waals surface area contributed by atoms with E-state index in [2.05, 4.69) is 10.0 Å². The van der Waals surface area contributed by atoms with Crippen LogP contribution in [0.2, 0.25) is 0 Å². The van der Waals surface area contributed by atoms with Crippen molar-refractivity contribution in [2.75, 3.05) is 22.9 Å². The van der Waals surface area contributed by atoms with E-state index in [1.807, 2.05) is 0 Å². The molecule has 2 rings (SSSR count). The molecule has 26 heavy (non-hydrogen) atoms. The van der Waals surface area contributed by atoms with Crippen LogP contribution in [0, 0.1) is 6.92 Å². The molecular weight excluding hydrogens is 356 g/mol. The summed E-state index contributed by atoms with van der Waals surface area (Å²) in [5.41, 5.74) is 1.95. The van der Waals surface area contributed by atoms with Gasteiger partial charge in [-0.1, -0.05) is 12.1 Å². The minimum atomic E-state index is -3.52. The van der Waals surface area contributed by atoms with Crippen molar-refractivity contribution < 1.29 is 22.7 Å². The molecule has 0 unspecified atom stereocenters. The van der Waals surface area contributed by atoms with Gasteiger partial charge in [-0.05, 0) is 49.7 Å². The lowest BCUT2D eigenvalue weighted by atomic mass is 10.1. The van der Waals surface area contributed by atoms with E-state index in [4.69, 9.17) is 4.74 Å². The molecule has 0 saturated carbocycles. The molecule has 0 spiro atoms. The summed E-state index contributed by atoms with van der Waals surface area (Å²) in [6.07, 6.45) is 1.01. The van der Waals surface area contributed by atoms with E-state index < -0.39 is 21.9 Å². The third-order valence-corrected chi connectivity index (χ3v) is 4.04. The maximum atomic E-state index is 12.6. The highest BCUT2D eigenvalue weighted by molar-refractivity contribution is 7.92. The molecule has 2 N–H and O–H groups in total. The summed E-state index contributed by atoms with van der Waals surface area (Å²) in [4.78, 5) is 24.3. The second kappa shape index (κ2) is 8.01. The van der Waals surface area contributed by atoms with E-state index in [-0.39, 0.29) is 17.9 Å². The monoisotopic (exact) mass is 376 g/mol. The third-order valence-electron chi connectivity index (χ3n) is 3.45. The van der Waals surface area contributed by atoms with Gasteiger partial charge in [-0.2, -0.15) is 0 Å². The van der Waals surface area contributed by atoms with Gasteiger partial charge in [0.1, 0.15) is 0 Å². The first kappa shape index (κ1) is 19.5. The fourth-order valence-electron chi connectivity index (χ4n) is 2.30. The van der Waals surface area contributed by atoms with E-state index in [9.17, 15) is 18.0 Å². The summed E-state index contributed by atoms with van der Waals surface area (Å²) >= 11 is 0. The number of carbonyl (C=O) groups excluding carboxylic acids is 2. The zero-order chi connectivity index (χ0) is 19.3. The largest absolute Gasteiger partial charge is 0.462 e. The number of amides is 1. The lowest BCUT2D eigenvalue weighted by Gasteiger charge is -2.13. The minimum Gasteiger partial charge on any atom is -0.462 e. The van der Waals surface area contributed by atoms with Gasteiger partial charge < -0.3 is 10.1 Å². The molecule has 0 aliphatic heterocycles. The Labute approximate surface area is 152 Å². The Morgan fingerprint density at radius 3 is 2.38 bits per heavy atom. The van der Waals surface area contributed by atoms with E-state index in [1.165, 1.54) is 12.1 Å². The number of hydrogen-bond acceptors (Lipinski definition) is 5. The predicted octanol–water partition coefficient (Wildman–Crippen LogP) is 2.80. The van der Waals surface area contributed by atoms with Crippen LogP contribution in [-0.4, -0.2) is 33.2 Å². The van der Waals surface area contributed by atoms with Gasteiger partial charge >= 0.3 is 5.97 Å². The van der Waals surface area contributed by atoms with Gasteiger partial charge in [0, 0.05) is 5.69 Å². The van der Waals surface area contributed by atoms with Crippen molar-refractivity contribution in [3.63, 3.8) is 0 Å². The Kier molecular flexibility index (Phi) is 5.99. The topological polar surface area (TPSA) is 102 Å². The molecule has 8 heteroatoms. The van der Waals surface area contributed by atoms with Gasteiger partial charge in [-0.15, -0.1) is 0 Å². The number of aryl methyl sites for hydroxylation is 1. The van der Waals surface area contributed by atoms with Crippen LogP contribution in [0.25, 0.3) is 0 Å². The first-order valence-electron chi connectivity index (χ1n) is 7.87. The van der Waals surface area contributed by atoms with Crippen LogP contribution in [0.15, 0.2) is 42.5 Å². The quantitative estimate of drug-likeness (QED) is 0.755. The smallest absolute Gasteiger partial charge is 0.338 e. The molecule has 0 saturated heterocycles.